The van der Waals surface area contributed by atoms with Crippen LogP contribution in [-0.4, -0.2) is 34.6 Å². The van der Waals surface area contributed by atoms with Gasteiger partial charge in [-0.15, -0.1) is 11.8 Å². The Balaban J connectivity index is 1.59. The highest BCUT2D eigenvalue weighted by Gasteiger charge is 2.32. The number of amides is 2. The van der Waals surface area contributed by atoms with Crippen LogP contribution in [0.1, 0.15) is 47.9 Å². The van der Waals surface area contributed by atoms with Gasteiger partial charge < -0.3 is 10.2 Å². The molecule has 1 atom stereocenters. The van der Waals surface area contributed by atoms with E-state index in [4.69, 9.17) is 23.2 Å². The van der Waals surface area contributed by atoms with Gasteiger partial charge >= 0.3 is 0 Å². The lowest BCUT2D eigenvalue weighted by Crippen LogP contribution is -2.52. The van der Waals surface area contributed by atoms with Crippen molar-refractivity contribution in [2.24, 2.45) is 0 Å². The third-order valence-electron chi connectivity index (χ3n) is 6.98. The van der Waals surface area contributed by atoms with Crippen molar-refractivity contribution in [2.45, 2.75) is 63.4 Å². The first-order valence-corrected chi connectivity index (χ1v) is 15.0. The lowest BCUT2D eigenvalue weighted by atomic mass is 10.0. The van der Waals surface area contributed by atoms with Crippen molar-refractivity contribution in [1.29, 1.82) is 0 Å². The predicted molar refractivity (Wildman–Crippen MR) is 159 cm³/mol. The summed E-state index contributed by atoms with van der Waals surface area (Å²) in [6.45, 7) is 2.22. The fraction of sp³-hybridized carbons (Fsp3) is 0.355. The molecule has 4 rings (SSSR count). The average molecular weight is 570 g/mol. The molecule has 4 nitrogen and oxygen atoms in total. The molecule has 0 saturated heterocycles. The van der Waals surface area contributed by atoms with Gasteiger partial charge in [-0.1, -0.05) is 102 Å². The first kappa shape index (κ1) is 28.5. The van der Waals surface area contributed by atoms with E-state index in [1.165, 1.54) is 5.56 Å². The normalized spacial score (nSPS) is 14.3. The van der Waals surface area contributed by atoms with E-state index in [1.807, 2.05) is 30.3 Å². The Morgan fingerprint density at radius 2 is 1.58 bits per heavy atom. The van der Waals surface area contributed by atoms with E-state index < -0.39 is 6.04 Å². The third-order valence-corrected chi connectivity index (χ3v) is 8.67. The summed E-state index contributed by atoms with van der Waals surface area (Å²) < 4.78 is 0. The minimum absolute atomic E-state index is 0.111. The Morgan fingerprint density at radius 1 is 0.921 bits per heavy atom. The van der Waals surface area contributed by atoms with Crippen molar-refractivity contribution in [3.05, 3.63) is 105 Å². The van der Waals surface area contributed by atoms with Crippen LogP contribution >= 0.6 is 35.0 Å². The van der Waals surface area contributed by atoms with Crippen LogP contribution in [0.4, 0.5) is 0 Å². The number of nitrogens with zero attached hydrogens (tertiary/aromatic N) is 1. The summed E-state index contributed by atoms with van der Waals surface area (Å²) >= 11 is 14.6. The molecule has 1 saturated carbocycles. The summed E-state index contributed by atoms with van der Waals surface area (Å²) in [4.78, 5) is 29.3. The topological polar surface area (TPSA) is 49.4 Å². The van der Waals surface area contributed by atoms with Crippen LogP contribution in [-0.2, 0) is 28.3 Å². The maximum Gasteiger partial charge on any atom is 0.243 e. The third kappa shape index (κ3) is 8.02. The second kappa shape index (κ2) is 14.1. The van der Waals surface area contributed by atoms with E-state index in [2.05, 4.69) is 36.5 Å². The minimum atomic E-state index is -0.683. The highest BCUT2D eigenvalue weighted by Crippen LogP contribution is 2.28. The number of hydrogen-bond donors (Lipinski definition) is 1. The van der Waals surface area contributed by atoms with E-state index in [-0.39, 0.29) is 30.2 Å². The zero-order valence-electron chi connectivity index (χ0n) is 21.7. The molecule has 200 valence electrons. The molecule has 3 aromatic carbocycles. The smallest absolute Gasteiger partial charge is 0.243 e. The Labute approximate surface area is 240 Å². The molecule has 0 radical (unpaired) electrons. The molecule has 1 aliphatic carbocycles. The molecule has 0 aromatic heterocycles. The summed E-state index contributed by atoms with van der Waals surface area (Å²) in [5.74, 6) is 0.726. The number of aryl methyl sites for hydroxylation is 1. The lowest BCUT2D eigenvalue weighted by Gasteiger charge is -2.33. The number of halogens is 2. The fourth-order valence-corrected chi connectivity index (χ4v) is 6.19. The molecule has 1 N–H and O–H groups in total. The van der Waals surface area contributed by atoms with Gasteiger partial charge in [0.1, 0.15) is 6.04 Å². The van der Waals surface area contributed by atoms with Gasteiger partial charge in [0.2, 0.25) is 11.8 Å². The quantitative estimate of drug-likeness (QED) is 0.265. The molecule has 3 aromatic rings. The van der Waals surface area contributed by atoms with Gasteiger partial charge in [0.05, 0.1) is 5.75 Å². The number of rotatable bonds is 11. The number of hydrogen-bond acceptors (Lipinski definition) is 3. The first-order valence-electron chi connectivity index (χ1n) is 13.1. The van der Waals surface area contributed by atoms with Gasteiger partial charge in [-0.05, 0) is 43.0 Å². The molecule has 0 bridgehead atoms. The van der Waals surface area contributed by atoms with Crippen LogP contribution in [0.25, 0.3) is 0 Å². The van der Waals surface area contributed by atoms with Gasteiger partial charge in [-0.25, -0.2) is 0 Å². The van der Waals surface area contributed by atoms with Crippen molar-refractivity contribution >= 4 is 46.8 Å². The number of benzene rings is 3. The van der Waals surface area contributed by atoms with Crippen LogP contribution in [0.3, 0.4) is 0 Å². The first-order chi connectivity index (χ1) is 18.4. The van der Waals surface area contributed by atoms with Crippen molar-refractivity contribution in [3.63, 3.8) is 0 Å². The highest BCUT2D eigenvalue weighted by molar-refractivity contribution is 7.99. The molecule has 1 unspecified atom stereocenters. The lowest BCUT2D eigenvalue weighted by molar-refractivity contribution is -0.139. The number of nitrogens with one attached hydrogen (secondary N) is 1. The molecule has 1 aliphatic rings. The minimum Gasteiger partial charge on any atom is -0.352 e. The zero-order chi connectivity index (χ0) is 26.9. The van der Waals surface area contributed by atoms with E-state index >= 15 is 0 Å². The summed E-state index contributed by atoms with van der Waals surface area (Å²) in [6.07, 6.45) is 4.58. The van der Waals surface area contributed by atoms with Gasteiger partial charge in [-0.2, -0.15) is 0 Å². The molecule has 2 amide bonds. The summed E-state index contributed by atoms with van der Waals surface area (Å²) in [5.41, 5.74) is 4.01. The van der Waals surface area contributed by atoms with E-state index in [0.717, 1.165) is 36.8 Å². The van der Waals surface area contributed by atoms with E-state index in [1.54, 1.807) is 34.9 Å². The van der Waals surface area contributed by atoms with Crippen LogP contribution in [0, 0.1) is 6.92 Å². The molecule has 1 fully saturated rings. The molecule has 0 heterocycles. The van der Waals surface area contributed by atoms with Gasteiger partial charge in [0.25, 0.3) is 0 Å². The maximum atomic E-state index is 13.8. The van der Waals surface area contributed by atoms with Crippen LogP contribution in [0.15, 0.2) is 72.8 Å². The Hall–Kier alpha value is -2.47. The van der Waals surface area contributed by atoms with Crippen molar-refractivity contribution < 1.29 is 9.59 Å². The highest BCUT2D eigenvalue weighted by atomic mass is 35.5. The van der Waals surface area contributed by atoms with Gasteiger partial charge in [0, 0.05) is 40.4 Å². The predicted octanol–water partition coefficient (Wildman–Crippen LogP) is 7.23. The fourth-order valence-electron chi connectivity index (χ4n) is 4.80. The number of carbonyl (C=O) groups excluding carboxylic acids is 2. The van der Waals surface area contributed by atoms with Crippen LogP contribution < -0.4 is 5.32 Å². The zero-order valence-corrected chi connectivity index (χ0v) is 24.0. The Bertz CT molecular complexity index is 1190. The van der Waals surface area contributed by atoms with Crippen molar-refractivity contribution in [1.82, 2.24) is 10.2 Å². The number of carbonyl (C=O) groups is 2. The number of thioether (sulfide) groups is 1. The van der Waals surface area contributed by atoms with Crippen molar-refractivity contribution in [2.75, 3.05) is 5.75 Å². The molecular formula is C31H34Cl2N2O2S. The van der Waals surface area contributed by atoms with E-state index in [0.29, 0.717) is 27.8 Å². The Kier molecular flexibility index (Phi) is 10.6. The van der Waals surface area contributed by atoms with Crippen LogP contribution in [0.2, 0.25) is 10.0 Å². The molecule has 7 heteroatoms. The SMILES string of the molecule is Cc1ccc(CSCC(=O)N(Cc2c(Cl)cccc2Cl)C(Cc2ccccc2)C(=O)NC2CCCC2)cc1. The molecular weight excluding hydrogens is 535 g/mol. The van der Waals surface area contributed by atoms with Gasteiger partial charge in [0.15, 0.2) is 0 Å². The average Bonchev–Trinajstić information content (AvgIpc) is 3.42. The Morgan fingerprint density at radius 3 is 2.24 bits per heavy atom. The van der Waals surface area contributed by atoms with Gasteiger partial charge in [-0.3, -0.25) is 9.59 Å². The second-order valence-electron chi connectivity index (χ2n) is 9.90. The van der Waals surface area contributed by atoms with Crippen molar-refractivity contribution in [3.8, 4) is 0 Å². The van der Waals surface area contributed by atoms with Crippen LogP contribution in [0.5, 0.6) is 0 Å². The monoisotopic (exact) mass is 568 g/mol. The molecule has 0 spiro atoms. The molecule has 38 heavy (non-hydrogen) atoms. The summed E-state index contributed by atoms with van der Waals surface area (Å²) in [7, 11) is 0. The largest absolute Gasteiger partial charge is 0.352 e. The molecule has 0 aliphatic heterocycles. The van der Waals surface area contributed by atoms with E-state index in [9.17, 15) is 9.59 Å². The maximum absolute atomic E-state index is 13.8. The summed E-state index contributed by atoms with van der Waals surface area (Å²) in [6, 6.07) is 22.9. The summed E-state index contributed by atoms with van der Waals surface area (Å²) in [5, 5.41) is 4.20. The second-order valence-corrected chi connectivity index (χ2v) is 11.7. The standard InChI is InChI=1S/C31H34Cl2N2O2S/c1-22-14-16-24(17-15-22)20-38-21-30(36)35(19-26-27(32)12-7-13-28(26)33)29(18-23-8-3-2-4-9-23)31(37)34-25-10-5-6-11-25/h2-4,7-9,12-17,25,29H,5-6,10-11,18-21H2,1H3,(H,34,37).